The third kappa shape index (κ3) is 2.85. The van der Waals surface area contributed by atoms with E-state index < -0.39 is 0 Å². The van der Waals surface area contributed by atoms with Crippen molar-refractivity contribution >= 4 is 29.2 Å². The Balaban J connectivity index is 1.78. The van der Waals surface area contributed by atoms with Gasteiger partial charge >= 0.3 is 0 Å². The van der Waals surface area contributed by atoms with Crippen molar-refractivity contribution in [1.82, 2.24) is 19.6 Å². The van der Waals surface area contributed by atoms with Gasteiger partial charge in [0.05, 0.1) is 6.26 Å². The highest BCUT2D eigenvalue weighted by Crippen LogP contribution is 2.29. The van der Waals surface area contributed by atoms with Crippen LogP contribution in [0.2, 0.25) is 0 Å². The minimum Gasteiger partial charge on any atom is -0.461 e. The molecule has 23 heavy (non-hydrogen) atoms. The fourth-order valence-corrected chi connectivity index (χ4v) is 3.53. The van der Waals surface area contributed by atoms with Crippen LogP contribution in [0.25, 0.3) is 17.2 Å². The average molecular weight is 340 g/mol. The lowest BCUT2D eigenvalue weighted by Crippen LogP contribution is -1.97. The molecule has 0 atom stereocenters. The van der Waals surface area contributed by atoms with Crippen LogP contribution in [0.5, 0.6) is 0 Å². The monoisotopic (exact) mass is 340 g/mol. The van der Waals surface area contributed by atoms with Gasteiger partial charge in [-0.25, -0.2) is 9.97 Å². The predicted octanol–water partition coefficient (Wildman–Crippen LogP) is 4.26. The van der Waals surface area contributed by atoms with Gasteiger partial charge in [0.15, 0.2) is 16.6 Å². The van der Waals surface area contributed by atoms with Crippen molar-refractivity contribution in [3.8, 4) is 11.6 Å². The number of hydrogen-bond acceptors (Lipinski definition) is 6. The Labute approximate surface area is 141 Å². The second-order valence-electron chi connectivity index (χ2n) is 4.68. The fraction of sp³-hybridized carbons (Fsp3) is 0.0625. The van der Waals surface area contributed by atoms with Crippen LogP contribution in [0.15, 0.2) is 74.3 Å². The van der Waals surface area contributed by atoms with Crippen LogP contribution in [0.3, 0.4) is 0 Å². The van der Waals surface area contributed by atoms with Crippen molar-refractivity contribution in [2.45, 2.75) is 15.1 Å². The summed E-state index contributed by atoms with van der Waals surface area (Å²) in [7, 11) is 0. The van der Waals surface area contributed by atoms with Crippen LogP contribution < -0.4 is 0 Å². The number of nitrogens with zero attached hydrogens (tertiary/aromatic N) is 4. The van der Waals surface area contributed by atoms with Crippen LogP contribution in [0.4, 0.5) is 0 Å². The number of rotatable bonds is 4. The Morgan fingerprint density at radius 1 is 1.04 bits per heavy atom. The molecular weight excluding hydrogens is 328 g/mol. The molecule has 0 radical (unpaired) electrons. The molecule has 0 aliphatic heterocycles. The van der Waals surface area contributed by atoms with Crippen molar-refractivity contribution in [2.75, 3.05) is 6.26 Å². The van der Waals surface area contributed by atoms with Gasteiger partial charge in [-0.15, -0.1) is 5.10 Å². The highest BCUT2D eigenvalue weighted by atomic mass is 32.2. The number of aromatic nitrogens is 4. The molecule has 1 aromatic carbocycles. The molecule has 0 N–H and O–H groups in total. The zero-order valence-corrected chi connectivity index (χ0v) is 13.8. The molecule has 0 saturated carbocycles. The fourth-order valence-electron chi connectivity index (χ4n) is 2.15. The second kappa shape index (κ2) is 6.10. The smallest absolute Gasteiger partial charge is 0.217 e. The molecule has 7 heteroatoms. The van der Waals surface area contributed by atoms with Crippen molar-refractivity contribution in [3.63, 3.8) is 0 Å². The quantitative estimate of drug-likeness (QED) is 0.314. The molecule has 0 saturated heterocycles. The zero-order valence-electron chi connectivity index (χ0n) is 12.2. The maximum Gasteiger partial charge on any atom is 0.217 e. The minimum absolute atomic E-state index is 0.564. The topological polar surface area (TPSA) is 56.2 Å². The summed E-state index contributed by atoms with van der Waals surface area (Å²) < 4.78 is 7.13. The highest BCUT2D eigenvalue weighted by molar-refractivity contribution is 7.99. The van der Waals surface area contributed by atoms with Crippen LogP contribution in [0, 0.1) is 0 Å². The summed E-state index contributed by atoms with van der Waals surface area (Å²) >= 11 is 3.15. The summed E-state index contributed by atoms with van der Waals surface area (Å²) in [6, 6.07) is 15.8. The molecule has 0 fully saturated rings. The Hall–Kier alpha value is -2.25. The molecule has 0 unspecified atom stereocenters. The van der Waals surface area contributed by atoms with E-state index in [1.807, 2.05) is 42.7 Å². The van der Waals surface area contributed by atoms with Gasteiger partial charge in [-0.2, -0.15) is 4.52 Å². The summed E-state index contributed by atoms with van der Waals surface area (Å²) in [5.74, 6) is 1.21. The number of benzene rings is 1. The van der Waals surface area contributed by atoms with E-state index in [0.717, 1.165) is 20.7 Å². The van der Waals surface area contributed by atoms with Crippen LogP contribution in [-0.4, -0.2) is 25.8 Å². The standard InChI is InChI=1S/C16H12N4OS2/c1-22-16-18-14(23-11-6-3-2-4-7-11)10-13-17-15(19-20(13)16)12-8-5-9-21-12/h2-10H,1H3. The molecule has 0 spiro atoms. The first-order valence-electron chi connectivity index (χ1n) is 6.92. The van der Waals surface area contributed by atoms with E-state index in [0.29, 0.717) is 11.6 Å². The number of hydrogen-bond donors (Lipinski definition) is 0. The molecule has 0 bridgehead atoms. The van der Waals surface area contributed by atoms with Gasteiger partial charge in [-0.05, 0) is 30.5 Å². The lowest BCUT2D eigenvalue weighted by atomic mass is 10.4. The van der Waals surface area contributed by atoms with Gasteiger partial charge in [-0.3, -0.25) is 0 Å². The summed E-state index contributed by atoms with van der Waals surface area (Å²) in [5.41, 5.74) is 0.759. The lowest BCUT2D eigenvalue weighted by Gasteiger charge is -2.04. The van der Waals surface area contributed by atoms with Gasteiger partial charge in [0, 0.05) is 11.0 Å². The average Bonchev–Trinajstić information content (AvgIpc) is 3.24. The van der Waals surface area contributed by atoms with Crippen LogP contribution in [-0.2, 0) is 0 Å². The first-order chi connectivity index (χ1) is 11.3. The molecule has 114 valence electrons. The number of furan rings is 1. The maximum absolute atomic E-state index is 5.38. The van der Waals surface area contributed by atoms with Gasteiger partial charge in [0.2, 0.25) is 5.82 Å². The third-order valence-corrected chi connectivity index (χ3v) is 4.72. The summed E-state index contributed by atoms with van der Waals surface area (Å²) in [6.07, 6.45) is 3.60. The van der Waals surface area contributed by atoms with E-state index in [1.165, 1.54) is 11.8 Å². The van der Waals surface area contributed by atoms with Crippen molar-refractivity contribution in [3.05, 3.63) is 54.8 Å². The SMILES string of the molecule is CSc1nc(Sc2ccccc2)cc2nc(-c3ccco3)nn12. The largest absolute Gasteiger partial charge is 0.461 e. The first kappa shape index (κ1) is 14.3. The van der Waals surface area contributed by atoms with E-state index >= 15 is 0 Å². The van der Waals surface area contributed by atoms with Gasteiger partial charge in [0.25, 0.3) is 0 Å². The molecule has 5 nitrogen and oxygen atoms in total. The van der Waals surface area contributed by atoms with Crippen molar-refractivity contribution in [1.29, 1.82) is 0 Å². The normalized spacial score (nSPS) is 11.2. The Kier molecular flexibility index (Phi) is 3.80. The van der Waals surface area contributed by atoms with Crippen LogP contribution in [0.1, 0.15) is 0 Å². The molecular formula is C16H12N4OS2. The Bertz CT molecular complexity index is 936. The van der Waals surface area contributed by atoms with E-state index in [9.17, 15) is 0 Å². The minimum atomic E-state index is 0.564. The molecule has 0 aliphatic carbocycles. The van der Waals surface area contributed by atoms with Gasteiger partial charge in [-0.1, -0.05) is 41.7 Å². The van der Waals surface area contributed by atoms with Gasteiger partial charge in [0.1, 0.15) is 5.03 Å². The molecule has 4 aromatic rings. The van der Waals surface area contributed by atoms with E-state index in [4.69, 9.17) is 4.42 Å². The number of thioether (sulfide) groups is 1. The Morgan fingerprint density at radius 3 is 2.65 bits per heavy atom. The molecule has 3 aromatic heterocycles. The van der Waals surface area contributed by atoms with Crippen molar-refractivity contribution in [2.24, 2.45) is 0 Å². The van der Waals surface area contributed by atoms with Gasteiger partial charge < -0.3 is 4.42 Å². The lowest BCUT2D eigenvalue weighted by molar-refractivity contribution is 0.576. The van der Waals surface area contributed by atoms with E-state index in [-0.39, 0.29) is 0 Å². The zero-order chi connectivity index (χ0) is 15.6. The first-order valence-corrected chi connectivity index (χ1v) is 8.96. The predicted molar refractivity (Wildman–Crippen MR) is 90.8 cm³/mol. The summed E-state index contributed by atoms with van der Waals surface area (Å²) in [6.45, 7) is 0. The third-order valence-electron chi connectivity index (χ3n) is 3.16. The molecule has 0 amide bonds. The molecule has 0 aliphatic rings. The maximum atomic E-state index is 5.38. The highest BCUT2D eigenvalue weighted by Gasteiger charge is 2.14. The molecule has 4 rings (SSSR count). The van der Waals surface area contributed by atoms with Crippen LogP contribution >= 0.6 is 23.5 Å². The van der Waals surface area contributed by atoms with E-state index in [1.54, 1.807) is 22.5 Å². The summed E-state index contributed by atoms with van der Waals surface area (Å²) in [4.78, 5) is 10.4. The number of fused-ring (bicyclic) bond motifs is 1. The van der Waals surface area contributed by atoms with Crippen molar-refractivity contribution < 1.29 is 4.42 Å². The summed E-state index contributed by atoms with van der Waals surface area (Å²) in [5, 5.41) is 6.19. The molecule has 3 heterocycles. The van der Waals surface area contributed by atoms with E-state index in [2.05, 4.69) is 27.2 Å². The Morgan fingerprint density at radius 2 is 1.91 bits per heavy atom. The second-order valence-corrected chi connectivity index (χ2v) is 6.55.